The maximum atomic E-state index is 11.7. The second-order valence-corrected chi connectivity index (χ2v) is 3.98. The van der Waals surface area contributed by atoms with Crippen molar-refractivity contribution in [3.05, 3.63) is 35.4 Å². The van der Waals surface area contributed by atoms with Gasteiger partial charge in [0.25, 0.3) is 0 Å². The molecule has 1 N–H and O–H groups in total. The van der Waals surface area contributed by atoms with Gasteiger partial charge in [-0.2, -0.15) is 0 Å². The molecule has 0 saturated heterocycles. The number of amides is 1. The molecule has 16 heavy (non-hydrogen) atoms. The van der Waals surface area contributed by atoms with E-state index in [2.05, 4.69) is 11.2 Å². The van der Waals surface area contributed by atoms with E-state index in [1.807, 2.05) is 38.1 Å². The Hall–Kier alpha value is -1.75. The van der Waals surface area contributed by atoms with Crippen LogP contribution in [0.1, 0.15) is 24.5 Å². The molecule has 84 valence electrons. The lowest BCUT2D eigenvalue weighted by Crippen LogP contribution is -2.33. The second-order valence-electron chi connectivity index (χ2n) is 3.98. The standard InChI is InChI=1S/C14H17NO/c1-4-7-12(3)15-14(16)10-13-9-6-5-8-11(13)2/h1,5-6,8-9,12H,7,10H2,2-3H3,(H,15,16). The summed E-state index contributed by atoms with van der Waals surface area (Å²) in [6.07, 6.45) is 6.17. The summed E-state index contributed by atoms with van der Waals surface area (Å²) in [6.45, 7) is 3.92. The smallest absolute Gasteiger partial charge is 0.224 e. The van der Waals surface area contributed by atoms with Crippen LogP contribution >= 0.6 is 0 Å². The lowest BCUT2D eigenvalue weighted by molar-refractivity contribution is -0.121. The first-order chi connectivity index (χ1) is 7.63. The van der Waals surface area contributed by atoms with E-state index in [1.165, 1.54) is 0 Å². The molecule has 1 aromatic carbocycles. The molecule has 0 aromatic heterocycles. The third kappa shape index (κ3) is 3.78. The number of carbonyl (C=O) groups excluding carboxylic acids is 1. The molecule has 1 atom stereocenters. The topological polar surface area (TPSA) is 29.1 Å². The van der Waals surface area contributed by atoms with Crippen molar-refractivity contribution in [1.82, 2.24) is 5.32 Å². The largest absolute Gasteiger partial charge is 0.352 e. The molecule has 0 bridgehead atoms. The summed E-state index contributed by atoms with van der Waals surface area (Å²) in [6, 6.07) is 7.94. The zero-order valence-electron chi connectivity index (χ0n) is 9.79. The van der Waals surface area contributed by atoms with Crippen LogP contribution in [0.2, 0.25) is 0 Å². The number of terminal acetylenes is 1. The fourth-order valence-corrected chi connectivity index (χ4v) is 1.54. The van der Waals surface area contributed by atoms with Crippen LogP contribution in [0.3, 0.4) is 0 Å². The average Bonchev–Trinajstić information content (AvgIpc) is 2.21. The lowest BCUT2D eigenvalue weighted by Gasteiger charge is -2.11. The van der Waals surface area contributed by atoms with Crippen molar-refractivity contribution in [3.8, 4) is 12.3 Å². The minimum absolute atomic E-state index is 0.0250. The number of benzene rings is 1. The predicted octanol–water partition coefficient (Wildman–Crippen LogP) is 2.07. The minimum Gasteiger partial charge on any atom is -0.352 e. The molecule has 1 rings (SSSR count). The summed E-state index contributed by atoms with van der Waals surface area (Å²) in [5.74, 6) is 2.56. The highest BCUT2D eigenvalue weighted by Gasteiger charge is 2.08. The van der Waals surface area contributed by atoms with Gasteiger partial charge in [0.1, 0.15) is 0 Å². The van der Waals surface area contributed by atoms with Gasteiger partial charge in [0.2, 0.25) is 5.91 Å². The van der Waals surface area contributed by atoms with E-state index in [0.29, 0.717) is 12.8 Å². The van der Waals surface area contributed by atoms with E-state index in [0.717, 1.165) is 11.1 Å². The number of aryl methyl sites for hydroxylation is 1. The van der Waals surface area contributed by atoms with Crippen molar-refractivity contribution in [2.45, 2.75) is 32.7 Å². The minimum atomic E-state index is 0.0250. The average molecular weight is 215 g/mol. The van der Waals surface area contributed by atoms with Gasteiger partial charge in [-0.25, -0.2) is 0 Å². The van der Waals surface area contributed by atoms with E-state index in [1.54, 1.807) is 0 Å². The van der Waals surface area contributed by atoms with Gasteiger partial charge in [-0.3, -0.25) is 4.79 Å². The predicted molar refractivity (Wildman–Crippen MR) is 65.9 cm³/mol. The summed E-state index contributed by atoms with van der Waals surface area (Å²) in [4.78, 5) is 11.7. The van der Waals surface area contributed by atoms with Crippen LogP contribution in [-0.2, 0) is 11.2 Å². The van der Waals surface area contributed by atoms with Crippen LogP contribution in [0.15, 0.2) is 24.3 Å². The molecule has 0 aliphatic heterocycles. The summed E-state index contributed by atoms with van der Waals surface area (Å²) in [7, 11) is 0. The van der Waals surface area contributed by atoms with E-state index >= 15 is 0 Å². The van der Waals surface area contributed by atoms with E-state index < -0.39 is 0 Å². The Morgan fingerprint density at radius 2 is 2.19 bits per heavy atom. The van der Waals surface area contributed by atoms with Crippen molar-refractivity contribution < 1.29 is 4.79 Å². The Balaban J connectivity index is 2.53. The maximum Gasteiger partial charge on any atom is 0.224 e. The van der Waals surface area contributed by atoms with Crippen LogP contribution < -0.4 is 5.32 Å². The molecule has 0 spiro atoms. The van der Waals surface area contributed by atoms with Crippen molar-refractivity contribution >= 4 is 5.91 Å². The zero-order chi connectivity index (χ0) is 12.0. The van der Waals surface area contributed by atoms with Crippen LogP contribution in [0, 0.1) is 19.3 Å². The number of hydrogen-bond donors (Lipinski definition) is 1. The van der Waals surface area contributed by atoms with Gasteiger partial charge in [0, 0.05) is 12.5 Å². The molecule has 2 nitrogen and oxygen atoms in total. The van der Waals surface area contributed by atoms with Crippen molar-refractivity contribution in [2.24, 2.45) is 0 Å². The van der Waals surface area contributed by atoms with E-state index in [-0.39, 0.29) is 11.9 Å². The Morgan fingerprint density at radius 1 is 1.50 bits per heavy atom. The van der Waals surface area contributed by atoms with Crippen molar-refractivity contribution in [1.29, 1.82) is 0 Å². The Bertz CT molecular complexity index is 403. The van der Waals surface area contributed by atoms with Crippen molar-refractivity contribution in [3.63, 3.8) is 0 Å². The van der Waals surface area contributed by atoms with Gasteiger partial charge in [0.05, 0.1) is 6.42 Å². The fraction of sp³-hybridized carbons (Fsp3) is 0.357. The quantitative estimate of drug-likeness (QED) is 0.765. The zero-order valence-corrected chi connectivity index (χ0v) is 9.79. The van der Waals surface area contributed by atoms with Gasteiger partial charge in [-0.05, 0) is 25.0 Å². The molecule has 0 saturated carbocycles. The molecule has 1 amide bonds. The van der Waals surface area contributed by atoms with E-state index in [9.17, 15) is 4.79 Å². The first kappa shape index (κ1) is 12.3. The molecule has 0 radical (unpaired) electrons. The monoisotopic (exact) mass is 215 g/mol. The fourth-order valence-electron chi connectivity index (χ4n) is 1.54. The molecule has 2 heteroatoms. The summed E-state index contributed by atoms with van der Waals surface area (Å²) >= 11 is 0. The SMILES string of the molecule is C#CCC(C)NC(=O)Cc1ccccc1C. The van der Waals surface area contributed by atoms with Gasteiger partial charge < -0.3 is 5.32 Å². The molecule has 1 aromatic rings. The molecular formula is C14H17NO. The van der Waals surface area contributed by atoms with Gasteiger partial charge in [-0.1, -0.05) is 24.3 Å². The number of nitrogens with one attached hydrogen (secondary N) is 1. The first-order valence-electron chi connectivity index (χ1n) is 5.41. The number of carbonyl (C=O) groups is 1. The highest BCUT2D eigenvalue weighted by Crippen LogP contribution is 2.07. The molecule has 0 fully saturated rings. The normalized spacial score (nSPS) is 11.6. The summed E-state index contributed by atoms with van der Waals surface area (Å²) in [5.41, 5.74) is 2.20. The number of rotatable bonds is 4. The molecule has 1 unspecified atom stereocenters. The maximum absolute atomic E-state index is 11.7. The third-order valence-electron chi connectivity index (χ3n) is 2.44. The van der Waals surface area contributed by atoms with Gasteiger partial charge >= 0.3 is 0 Å². The van der Waals surface area contributed by atoms with Crippen LogP contribution in [0.25, 0.3) is 0 Å². The second kappa shape index (κ2) is 5.97. The molecular weight excluding hydrogens is 198 g/mol. The lowest BCUT2D eigenvalue weighted by atomic mass is 10.1. The Kier molecular flexibility index (Phi) is 4.60. The van der Waals surface area contributed by atoms with Crippen LogP contribution in [0.5, 0.6) is 0 Å². The third-order valence-corrected chi connectivity index (χ3v) is 2.44. The first-order valence-corrected chi connectivity index (χ1v) is 5.41. The summed E-state index contributed by atoms with van der Waals surface area (Å²) < 4.78 is 0. The Morgan fingerprint density at radius 3 is 2.81 bits per heavy atom. The molecule has 0 aliphatic carbocycles. The number of hydrogen-bond acceptors (Lipinski definition) is 1. The summed E-state index contributed by atoms with van der Waals surface area (Å²) in [5, 5.41) is 2.88. The molecule has 0 heterocycles. The Labute approximate surface area is 97.1 Å². The van der Waals surface area contributed by atoms with Crippen molar-refractivity contribution in [2.75, 3.05) is 0 Å². The highest BCUT2D eigenvalue weighted by atomic mass is 16.1. The molecule has 0 aliphatic rings. The van der Waals surface area contributed by atoms with Gasteiger partial charge in [0.15, 0.2) is 0 Å². The highest BCUT2D eigenvalue weighted by molar-refractivity contribution is 5.79. The van der Waals surface area contributed by atoms with Crippen LogP contribution in [0.4, 0.5) is 0 Å². The van der Waals surface area contributed by atoms with Gasteiger partial charge in [-0.15, -0.1) is 12.3 Å². The van der Waals surface area contributed by atoms with Crippen LogP contribution in [-0.4, -0.2) is 11.9 Å². The van der Waals surface area contributed by atoms with E-state index in [4.69, 9.17) is 6.42 Å².